The Balaban J connectivity index is 2.01. The van der Waals surface area contributed by atoms with Crippen LogP contribution < -0.4 is 0 Å². The highest BCUT2D eigenvalue weighted by molar-refractivity contribution is 7.15. The van der Waals surface area contributed by atoms with Gasteiger partial charge in [0, 0.05) is 4.88 Å². The fourth-order valence-corrected chi connectivity index (χ4v) is 3.36. The van der Waals surface area contributed by atoms with E-state index in [0.29, 0.717) is 13.2 Å². The van der Waals surface area contributed by atoms with Gasteiger partial charge in [-0.1, -0.05) is 0 Å². The lowest BCUT2D eigenvalue weighted by atomic mass is 9.84. The van der Waals surface area contributed by atoms with Crippen molar-refractivity contribution in [1.82, 2.24) is 4.98 Å². The van der Waals surface area contributed by atoms with Crippen LogP contribution in [0.5, 0.6) is 0 Å². The summed E-state index contributed by atoms with van der Waals surface area (Å²) < 4.78 is 10.8. The summed E-state index contributed by atoms with van der Waals surface area (Å²) in [4.78, 5) is 5.66. The van der Waals surface area contributed by atoms with E-state index in [1.165, 1.54) is 0 Å². The van der Waals surface area contributed by atoms with Crippen molar-refractivity contribution >= 4 is 11.3 Å². The zero-order valence-electron chi connectivity index (χ0n) is 10.4. The molecule has 2 aromatic heterocycles. The van der Waals surface area contributed by atoms with Crippen molar-refractivity contribution in [3.63, 3.8) is 0 Å². The second-order valence-electron chi connectivity index (χ2n) is 4.78. The van der Waals surface area contributed by atoms with E-state index in [1.54, 1.807) is 11.3 Å². The molecule has 2 aromatic rings. The van der Waals surface area contributed by atoms with E-state index in [-0.39, 0.29) is 12.0 Å². The molecule has 1 saturated heterocycles. The van der Waals surface area contributed by atoms with Crippen LogP contribution in [0, 0.1) is 13.8 Å². The van der Waals surface area contributed by atoms with Crippen LogP contribution >= 0.6 is 11.3 Å². The number of rotatable bonds is 3. The predicted molar refractivity (Wildman–Crippen MR) is 68.9 cm³/mol. The number of thiazole rings is 1. The second kappa shape index (κ2) is 4.19. The third-order valence-corrected chi connectivity index (χ3v) is 4.71. The number of aromatic nitrogens is 1. The molecule has 0 aliphatic carbocycles. The van der Waals surface area contributed by atoms with Crippen LogP contribution in [0.2, 0.25) is 0 Å². The maximum absolute atomic E-state index is 9.57. The van der Waals surface area contributed by atoms with E-state index >= 15 is 0 Å². The molecule has 0 bridgehead atoms. The number of furan rings is 1. The smallest absolute Gasteiger partial charge is 0.162 e. The highest BCUT2D eigenvalue weighted by Gasteiger charge is 2.43. The maximum Gasteiger partial charge on any atom is 0.162 e. The van der Waals surface area contributed by atoms with Gasteiger partial charge >= 0.3 is 0 Å². The molecule has 1 fully saturated rings. The monoisotopic (exact) mass is 265 g/mol. The third-order valence-electron chi connectivity index (χ3n) is 3.29. The van der Waals surface area contributed by atoms with Gasteiger partial charge in [-0.2, -0.15) is 0 Å². The van der Waals surface area contributed by atoms with E-state index in [9.17, 15) is 5.11 Å². The van der Waals surface area contributed by atoms with E-state index in [0.717, 1.165) is 27.1 Å². The van der Waals surface area contributed by atoms with Crippen LogP contribution in [0.3, 0.4) is 0 Å². The Bertz CT molecular complexity index is 563. The molecule has 4 nitrogen and oxygen atoms in total. The Morgan fingerprint density at radius 3 is 2.67 bits per heavy atom. The number of aliphatic hydroxyl groups is 1. The fourth-order valence-electron chi connectivity index (χ4n) is 2.19. The summed E-state index contributed by atoms with van der Waals surface area (Å²) in [6.45, 7) is 5.14. The molecule has 0 amide bonds. The molecule has 0 aromatic carbocycles. The number of aryl methyl sites for hydroxylation is 2. The Hall–Kier alpha value is -1.17. The van der Waals surface area contributed by atoms with Gasteiger partial charge in [0.15, 0.2) is 10.8 Å². The van der Waals surface area contributed by atoms with E-state index < -0.39 is 0 Å². The molecule has 0 saturated carbocycles. The number of nitrogens with zero attached hydrogens (tertiary/aromatic N) is 1. The molecular formula is C13H15NO3S. The van der Waals surface area contributed by atoms with Crippen molar-refractivity contribution < 1.29 is 14.3 Å². The topological polar surface area (TPSA) is 55.5 Å². The van der Waals surface area contributed by atoms with Crippen LogP contribution in [0.1, 0.15) is 16.3 Å². The third kappa shape index (κ3) is 1.70. The van der Waals surface area contributed by atoms with Gasteiger partial charge in [-0.15, -0.1) is 11.3 Å². The van der Waals surface area contributed by atoms with E-state index in [4.69, 9.17) is 9.15 Å². The molecule has 18 heavy (non-hydrogen) atoms. The molecular weight excluding hydrogens is 250 g/mol. The molecule has 3 rings (SSSR count). The number of hydrogen-bond acceptors (Lipinski definition) is 5. The zero-order valence-corrected chi connectivity index (χ0v) is 11.2. The zero-order chi connectivity index (χ0) is 12.8. The quantitative estimate of drug-likeness (QED) is 0.925. The second-order valence-corrected chi connectivity index (χ2v) is 5.77. The van der Waals surface area contributed by atoms with Crippen LogP contribution in [-0.2, 0) is 10.2 Å². The Kier molecular flexibility index (Phi) is 2.77. The van der Waals surface area contributed by atoms with Gasteiger partial charge in [-0.3, -0.25) is 0 Å². The van der Waals surface area contributed by atoms with Crippen LogP contribution in [0.15, 0.2) is 16.5 Å². The van der Waals surface area contributed by atoms with Gasteiger partial charge in [0.1, 0.15) is 5.76 Å². The molecule has 96 valence electrons. The average molecular weight is 265 g/mol. The standard InChI is InChI=1S/C13H15NO3S/c1-8-3-4-10(17-8)12-14-9(2)11(18-12)13(5-15)6-16-7-13/h3-4,15H,5-7H2,1-2H3. The van der Waals surface area contributed by atoms with Crippen molar-refractivity contribution in [3.05, 3.63) is 28.5 Å². The summed E-state index contributed by atoms with van der Waals surface area (Å²) in [5.74, 6) is 1.67. The van der Waals surface area contributed by atoms with Crippen LogP contribution in [0.25, 0.3) is 10.8 Å². The molecule has 5 heteroatoms. The van der Waals surface area contributed by atoms with Gasteiger partial charge in [0.2, 0.25) is 0 Å². The summed E-state index contributed by atoms with van der Waals surface area (Å²) in [5.41, 5.74) is 0.711. The van der Waals surface area contributed by atoms with Crippen molar-refractivity contribution in [2.75, 3.05) is 19.8 Å². The molecule has 1 aliphatic heterocycles. The average Bonchev–Trinajstić information content (AvgIpc) is 2.86. The van der Waals surface area contributed by atoms with Crippen LogP contribution in [-0.4, -0.2) is 29.9 Å². The summed E-state index contributed by atoms with van der Waals surface area (Å²) in [7, 11) is 0. The van der Waals surface area contributed by atoms with Crippen molar-refractivity contribution in [3.8, 4) is 10.8 Å². The van der Waals surface area contributed by atoms with Crippen molar-refractivity contribution in [2.45, 2.75) is 19.3 Å². The van der Waals surface area contributed by atoms with Gasteiger partial charge in [-0.05, 0) is 26.0 Å². The van der Waals surface area contributed by atoms with E-state index in [2.05, 4.69) is 4.98 Å². The molecule has 0 atom stereocenters. The molecule has 0 unspecified atom stereocenters. The number of aliphatic hydroxyl groups excluding tert-OH is 1. The molecule has 0 spiro atoms. The molecule has 3 heterocycles. The molecule has 1 N–H and O–H groups in total. The predicted octanol–water partition coefficient (Wildman–Crippen LogP) is 2.28. The van der Waals surface area contributed by atoms with E-state index in [1.807, 2.05) is 26.0 Å². The summed E-state index contributed by atoms with van der Waals surface area (Å²) >= 11 is 1.59. The van der Waals surface area contributed by atoms with Crippen molar-refractivity contribution in [1.29, 1.82) is 0 Å². The largest absolute Gasteiger partial charge is 0.459 e. The molecule has 1 aliphatic rings. The van der Waals surface area contributed by atoms with Crippen LogP contribution in [0.4, 0.5) is 0 Å². The van der Waals surface area contributed by atoms with Gasteiger partial charge in [0.05, 0.1) is 30.9 Å². The van der Waals surface area contributed by atoms with Gasteiger partial charge < -0.3 is 14.3 Å². The summed E-state index contributed by atoms with van der Waals surface area (Å²) in [6, 6.07) is 3.86. The lowest BCUT2D eigenvalue weighted by molar-refractivity contribution is -0.0827. The highest BCUT2D eigenvalue weighted by atomic mass is 32.1. The SMILES string of the molecule is Cc1ccc(-c2nc(C)c(C3(CO)COC3)s2)o1. The number of hydrogen-bond donors (Lipinski definition) is 1. The Morgan fingerprint density at radius 1 is 1.39 bits per heavy atom. The van der Waals surface area contributed by atoms with Gasteiger partial charge in [0.25, 0.3) is 0 Å². The van der Waals surface area contributed by atoms with Gasteiger partial charge in [-0.25, -0.2) is 4.98 Å². The summed E-state index contributed by atoms with van der Waals surface area (Å²) in [5, 5.41) is 10.4. The first-order valence-corrected chi connectivity index (χ1v) is 6.70. The minimum atomic E-state index is -0.248. The Morgan fingerprint density at radius 2 is 2.17 bits per heavy atom. The minimum Gasteiger partial charge on any atom is -0.459 e. The Labute approximate surface area is 109 Å². The highest BCUT2D eigenvalue weighted by Crippen LogP contribution is 2.40. The normalized spacial score (nSPS) is 17.7. The molecule has 0 radical (unpaired) electrons. The first-order chi connectivity index (χ1) is 8.64. The summed E-state index contributed by atoms with van der Waals surface area (Å²) in [6.07, 6.45) is 0. The first-order valence-electron chi connectivity index (χ1n) is 5.88. The maximum atomic E-state index is 9.57. The minimum absolute atomic E-state index is 0.104. The lowest BCUT2D eigenvalue weighted by Gasteiger charge is -2.39. The van der Waals surface area contributed by atoms with Crippen molar-refractivity contribution in [2.24, 2.45) is 0 Å². The first kappa shape index (κ1) is 11.9. The number of ether oxygens (including phenoxy) is 1. The lowest BCUT2D eigenvalue weighted by Crippen LogP contribution is -2.49. The fraction of sp³-hybridized carbons (Fsp3) is 0.462.